The number of nitro benzene ring substituents is 1. The van der Waals surface area contributed by atoms with Crippen LogP contribution in [0.3, 0.4) is 0 Å². The molecule has 27 heavy (non-hydrogen) atoms. The molecule has 10 heteroatoms. The topological polar surface area (TPSA) is 110 Å². The van der Waals surface area contributed by atoms with E-state index in [2.05, 4.69) is 5.32 Å². The van der Waals surface area contributed by atoms with E-state index in [0.29, 0.717) is 10.6 Å². The first kappa shape index (κ1) is 20.7. The zero-order valence-electron chi connectivity index (χ0n) is 14.6. The number of sulfonamides is 1. The van der Waals surface area contributed by atoms with Crippen molar-refractivity contribution in [3.63, 3.8) is 0 Å². The Morgan fingerprint density at radius 3 is 2.52 bits per heavy atom. The molecule has 0 saturated heterocycles. The number of benzene rings is 2. The highest BCUT2D eigenvalue weighted by molar-refractivity contribution is 7.92. The number of amides is 1. The molecule has 144 valence electrons. The summed E-state index contributed by atoms with van der Waals surface area (Å²) in [7, 11) is -3.87. The van der Waals surface area contributed by atoms with Gasteiger partial charge >= 0.3 is 0 Å². The fraction of sp³-hybridized carbons (Fsp3) is 0.235. The number of non-ortho nitro benzene ring substituents is 1. The van der Waals surface area contributed by atoms with E-state index in [4.69, 9.17) is 11.6 Å². The third-order valence-electron chi connectivity index (χ3n) is 3.79. The largest absolute Gasteiger partial charge is 0.350 e. The number of carbonyl (C=O) groups is 1. The van der Waals surface area contributed by atoms with Crippen molar-refractivity contribution in [2.75, 3.05) is 10.6 Å². The van der Waals surface area contributed by atoms with Crippen molar-refractivity contribution < 1.29 is 18.1 Å². The Bertz CT molecular complexity index is 965. The second-order valence-corrected chi connectivity index (χ2v) is 8.09. The Kier molecular flexibility index (Phi) is 6.40. The number of nitrogens with zero attached hydrogens (tertiary/aromatic N) is 2. The standard InChI is InChI=1S/C17H18ClN3O5S/c1-12(17(22)19-11-13-6-3-4-9-16(13)18)20(27(2,25)26)14-7-5-8-15(10-14)21(23)24/h3-10,12H,11H2,1-2H3,(H,19,22)/t12-/m0/s1. The summed E-state index contributed by atoms with van der Waals surface area (Å²) < 4.78 is 25.3. The second-order valence-electron chi connectivity index (χ2n) is 5.82. The van der Waals surface area contributed by atoms with E-state index in [0.717, 1.165) is 16.6 Å². The van der Waals surface area contributed by atoms with E-state index in [9.17, 15) is 23.3 Å². The second kappa shape index (κ2) is 8.36. The van der Waals surface area contributed by atoms with Crippen LogP contribution in [0.15, 0.2) is 48.5 Å². The summed E-state index contributed by atoms with van der Waals surface area (Å²) in [4.78, 5) is 22.8. The SMILES string of the molecule is C[C@@H](C(=O)NCc1ccccc1Cl)N(c1cccc([N+](=O)[O-])c1)S(C)(=O)=O. The molecule has 2 aromatic carbocycles. The molecule has 0 unspecified atom stereocenters. The number of nitro groups is 1. The summed E-state index contributed by atoms with van der Waals surface area (Å²) in [5.74, 6) is -0.563. The minimum absolute atomic E-state index is 0.0343. The average molecular weight is 412 g/mol. The summed E-state index contributed by atoms with van der Waals surface area (Å²) in [5, 5.41) is 14.1. The molecule has 0 aromatic heterocycles. The molecule has 1 amide bonds. The minimum Gasteiger partial charge on any atom is -0.350 e. The predicted molar refractivity (Wildman–Crippen MR) is 103 cm³/mol. The van der Waals surface area contributed by atoms with Gasteiger partial charge in [0.15, 0.2) is 0 Å². The quantitative estimate of drug-likeness (QED) is 0.556. The van der Waals surface area contributed by atoms with Crippen LogP contribution in [-0.4, -0.2) is 31.5 Å². The molecule has 2 rings (SSSR count). The molecule has 0 saturated carbocycles. The van der Waals surface area contributed by atoms with Gasteiger partial charge < -0.3 is 5.32 Å². The Hall–Kier alpha value is -2.65. The first-order valence-electron chi connectivity index (χ1n) is 7.86. The van der Waals surface area contributed by atoms with E-state index in [1.165, 1.54) is 25.1 Å². The third kappa shape index (κ3) is 5.18. The molecular formula is C17H18ClN3O5S. The van der Waals surface area contributed by atoms with Crippen molar-refractivity contribution >= 4 is 38.9 Å². The molecule has 8 nitrogen and oxygen atoms in total. The lowest BCUT2D eigenvalue weighted by Crippen LogP contribution is -2.47. The van der Waals surface area contributed by atoms with Crippen LogP contribution in [0, 0.1) is 10.1 Å². The maximum atomic E-state index is 12.5. The Balaban J connectivity index is 2.26. The molecule has 0 heterocycles. The monoisotopic (exact) mass is 411 g/mol. The van der Waals surface area contributed by atoms with Gasteiger partial charge in [0.25, 0.3) is 5.69 Å². The molecule has 0 spiro atoms. The number of anilines is 1. The molecule has 0 aliphatic rings. The molecule has 1 N–H and O–H groups in total. The van der Waals surface area contributed by atoms with Gasteiger partial charge in [-0.05, 0) is 24.6 Å². The van der Waals surface area contributed by atoms with E-state index in [1.807, 2.05) is 0 Å². The van der Waals surface area contributed by atoms with Crippen LogP contribution in [0.1, 0.15) is 12.5 Å². The maximum absolute atomic E-state index is 12.5. The molecule has 0 aliphatic carbocycles. The minimum atomic E-state index is -3.87. The third-order valence-corrected chi connectivity index (χ3v) is 5.40. The van der Waals surface area contributed by atoms with E-state index in [-0.39, 0.29) is 17.9 Å². The fourth-order valence-corrected chi connectivity index (χ4v) is 3.89. The van der Waals surface area contributed by atoms with Crippen LogP contribution in [0.2, 0.25) is 5.02 Å². The zero-order valence-corrected chi connectivity index (χ0v) is 16.2. The summed E-state index contributed by atoms with van der Waals surface area (Å²) in [5.41, 5.74) is 0.442. The number of halogens is 1. The lowest BCUT2D eigenvalue weighted by Gasteiger charge is -2.28. The van der Waals surface area contributed by atoms with E-state index < -0.39 is 26.9 Å². The summed E-state index contributed by atoms with van der Waals surface area (Å²) >= 11 is 6.04. The van der Waals surface area contributed by atoms with Crippen molar-refractivity contribution in [2.45, 2.75) is 19.5 Å². The van der Waals surface area contributed by atoms with Gasteiger partial charge in [0, 0.05) is 23.7 Å². The van der Waals surface area contributed by atoms with Crippen molar-refractivity contribution in [1.82, 2.24) is 5.32 Å². The Labute approximate surface area is 162 Å². The lowest BCUT2D eigenvalue weighted by atomic mass is 10.2. The Morgan fingerprint density at radius 2 is 1.93 bits per heavy atom. The number of rotatable bonds is 7. The molecule has 0 bridgehead atoms. The van der Waals surface area contributed by atoms with Gasteiger partial charge in [-0.25, -0.2) is 8.42 Å². The van der Waals surface area contributed by atoms with Gasteiger partial charge in [-0.3, -0.25) is 19.2 Å². The fourth-order valence-electron chi connectivity index (χ4n) is 2.52. The molecular weight excluding hydrogens is 394 g/mol. The van der Waals surface area contributed by atoms with Gasteiger partial charge in [0.2, 0.25) is 15.9 Å². The van der Waals surface area contributed by atoms with Crippen molar-refractivity contribution in [1.29, 1.82) is 0 Å². The molecule has 1 atom stereocenters. The average Bonchev–Trinajstić information content (AvgIpc) is 2.60. The summed E-state index contributed by atoms with van der Waals surface area (Å²) in [6.45, 7) is 1.53. The summed E-state index contributed by atoms with van der Waals surface area (Å²) in [6.07, 6.45) is 0.934. The van der Waals surface area contributed by atoms with Crippen LogP contribution in [-0.2, 0) is 21.4 Å². The zero-order chi connectivity index (χ0) is 20.2. The van der Waals surface area contributed by atoms with E-state index in [1.54, 1.807) is 24.3 Å². The normalized spacial score (nSPS) is 12.3. The maximum Gasteiger partial charge on any atom is 0.271 e. The highest BCUT2D eigenvalue weighted by atomic mass is 35.5. The van der Waals surface area contributed by atoms with Crippen molar-refractivity contribution in [3.8, 4) is 0 Å². The first-order chi connectivity index (χ1) is 12.6. The Morgan fingerprint density at radius 1 is 1.26 bits per heavy atom. The van der Waals surface area contributed by atoms with Crippen molar-refractivity contribution in [2.24, 2.45) is 0 Å². The van der Waals surface area contributed by atoms with Crippen LogP contribution in [0.4, 0.5) is 11.4 Å². The molecule has 0 fully saturated rings. The van der Waals surface area contributed by atoms with Gasteiger partial charge in [0.1, 0.15) is 6.04 Å². The van der Waals surface area contributed by atoms with Crippen LogP contribution >= 0.6 is 11.6 Å². The first-order valence-corrected chi connectivity index (χ1v) is 10.1. The summed E-state index contributed by atoms with van der Waals surface area (Å²) in [6, 6.07) is 10.9. The van der Waals surface area contributed by atoms with Gasteiger partial charge in [-0.1, -0.05) is 35.9 Å². The smallest absolute Gasteiger partial charge is 0.271 e. The predicted octanol–water partition coefficient (Wildman–Crippen LogP) is 2.72. The number of hydrogen-bond acceptors (Lipinski definition) is 5. The van der Waals surface area contributed by atoms with Crippen LogP contribution in [0.5, 0.6) is 0 Å². The molecule has 2 aromatic rings. The highest BCUT2D eigenvalue weighted by Gasteiger charge is 2.30. The highest BCUT2D eigenvalue weighted by Crippen LogP contribution is 2.25. The van der Waals surface area contributed by atoms with Gasteiger partial charge in [-0.2, -0.15) is 0 Å². The van der Waals surface area contributed by atoms with Crippen LogP contribution < -0.4 is 9.62 Å². The lowest BCUT2D eigenvalue weighted by molar-refractivity contribution is -0.384. The van der Waals surface area contributed by atoms with Gasteiger partial charge in [0.05, 0.1) is 16.9 Å². The number of nitrogens with one attached hydrogen (secondary N) is 1. The number of hydrogen-bond donors (Lipinski definition) is 1. The molecule has 0 aliphatic heterocycles. The number of carbonyl (C=O) groups excluding carboxylic acids is 1. The van der Waals surface area contributed by atoms with Crippen LogP contribution in [0.25, 0.3) is 0 Å². The van der Waals surface area contributed by atoms with Crippen molar-refractivity contribution in [3.05, 3.63) is 69.2 Å². The van der Waals surface area contributed by atoms with Gasteiger partial charge in [-0.15, -0.1) is 0 Å². The van der Waals surface area contributed by atoms with E-state index >= 15 is 0 Å². The molecule has 0 radical (unpaired) electrons.